The molecule has 0 fully saturated rings. The number of hydrogen-bond donors (Lipinski definition) is 0. The molecule has 6 heteroatoms. The third kappa shape index (κ3) is 5.21. The van der Waals surface area contributed by atoms with Gasteiger partial charge in [-0.2, -0.15) is 13.2 Å². The molecule has 0 heterocycles. The van der Waals surface area contributed by atoms with E-state index in [1.807, 2.05) is 0 Å². The number of rotatable bonds is 4. The Labute approximate surface area is 83.4 Å². The Morgan fingerprint density at radius 2 is 1.67 bits per heavy atom. The monoisotopic (exact) mass is 224 g/mol. The molecule has 0 aliphatic carbocycles. The summed E-state index contributed by atoms with van der Waals surface area (Å²) in [6, 6.07) is 4.87. The maximum Gasteiger partial charge on any atom is 0.411 e. The van der Waals surface area contributed by atoms with Gasteiger partial charge in [-0.15, -0.1) is 0 Å². The van der Waals surface area contributed by atoms with Crippen LogP contribution in [0.15, 0.2) is 24.3 Å². The van der Waals surface area contributed by atoms with Crippen molar-refractivity contribution in [3.05, 3.63) is 30.1 Å². The van der Waals surface area contributed by atoms with Crippen molar-refractivity contribution in [1.82, 2.24) is 0 Å². The largest absolute Gasteiger partial charge is 0.468 e. The highest BCUT2D eigenvalue weighted by molar-refractivity contribution is 5.21. The molecule has 0 radical (unpaired) electrons. The Balaban J connectivity index is 2.23. The van der Waals surface area contributed by atoms with Crippen LogP contribution in [0.3, 0.4) is 0 Å². The zero-order valence-corrected chi connectivity index (χ0v) is 7.55. The summed E-state index contributed by atoms with van der Waals surface area (Å²) in [5.74, 6) is -0.197. The second-order valence-electron chi connectivity index (χ2n) is 2.68. The Bertz CT molecular complexity index is 294. The Hall–Kier alpha value is -1.30. The molecule has 0 spiro atoms. The summed E-state index contributed by atoms with van der Waals surface area (Å²) in [5, 5.41) is 0. The lowest BCUT2D eigenvalue weighted by molar-refractivity contribution is -0.186. The quantitative estimate of drug-likeness (QED) is 0.444. The molecular formula is C9H8F4O2. The molecule has 0 atom stereocenters. The molecule has 2 nitrogen and oxygen atoms in total. The molecule has 0 amide bonds. The van der Waals surface area contributed by atoms with Crippen LogP contribution in [0.5, 0.6) is 5.75 Å². The number of ether oxygens (including phenoxy) is 2. The van der Waals surface area contributed by atoms with E-state index in [4.69, 9.17) is 4.74 Å². The summed E-state index contributed by atoms with van der Waals surface area (Å²) in [7, 11) is 0. The second-order valence-corrected chi connectivity index (χ2v) is 2.68. The third-order valence-electron chi connectivity index (χ3n) is 1.39. The fourth-order valence-electron chi connectivity index (χ4n) is 0.798. The summed E-state index contributed by atoms with van der Waals surface area (Å²) >= 11 is 0. The number of benzene rings is 1. The van der Waals surface area contributed by atoms with E-state index in [0.717, 1.165) is 12.1 Å². The van der Waals surface area contributed by atoms with Crippen molar-refractivity contribution in [1.29, 1.82) is 0 Å². The normalized spacial score (nSPS) is 11.5. The van der Waals surface area contributed by atoms with Crippen LogP contribution in [0, 0.1) is 5.82 Å². The summed E-state index contributed by atoms with van der Waals surface area (Å²) in [6.07, 6.45) is -4.37. The van der Waals surface area contributed by atoms with E-state index in [1.54, 1.807) is 0 Å². The summed E-state index contributed by atoms with van der Waals surface area (Å²) < 4.78 is 56.2. The predicted octanol–water partition coefficient (Wildman–Crippen LogP) is 2.74. The maximum absolute atomic E-state index is 12.4. The van der Waals surface area contributed by atoms with Crippen molar-refractivity contribution in [3.8, 4) is 5.75 Å². The topological polar surface area (TPSA) is 18.5 Å². The molecule has 0 aliphatic heterocycles. The molecular weight excluding hydrogens is 216 g/mol. The van der Waals surface area contributed by atoms with Crippen LogP contribution in [0.4, 0.5) is 17.6 Å². The fourth-order valence-corrected chi connectivity index (χ4v) is 0.798. The minimum Gasteiger partial charge on any atom is -0.468 e. The predicted molar refractivity (Wildman–Crippen MR) is 43.9 cm³/mol. The van der Waals surface area contributed by atoms with Crippen LogP contribution < -0.4 is 4.74 Å². The first-order chi connectivity index (χ1) is 6.97. The van der Waals surface area contributed by atoms with Gasteiger partial charge in [0, 0.05) is 0 Å². The molecule has 0 unspecified atom stereocenters. The first kappa shape index (κ1) is 11.8. The molecule has 1 rings (SSSR count). The molecule has 15 heavy (non-hydrogen) atoms. The van der Waals surface area contributed by atoms with Crippen molar-refractivity contribution >= 4 is 0 Å². The Morgan fingerprint density at radius 3 is 2.20 bits per heavy atom. The molecule has 0 saturated carbocycles. The molecule has 1 aromatic rings. The molecule has 0 N–H and O–H groups in total. The van der Waals surface area contributed by atoms with Gasteiger partial charge >= 0.3 is 6.18 Å². The van der Waals surface area contributed by atoms with Gasteiger partial charge in [-0.05, 0) is 24.3 Å². The van der Waals surface area contributed by atoms with Crippen molar-refractivity contribution < 1.29 is 27.0 Å². The Kier molecular flexibility index (Phi) is 3.90. The van der Waals surface area contributed by atoms with Crippen LogP contribution >= 0.6 is 0 Å². The van der Waals surface area contributed by atoms with E-state index in [0.29, 0.717) is 0 Å². The first-order valence-corrected chi connectivity index (χ1v) is 4.00. The minimum absolute atomic E-state index is 0.249. The first-order valence-electron chi connectivity index (χ1n) is 4.00. The van der Waals surface area contributed by atoms with E-state index in [1.165, 1.54) is 12.1 Å². The molecule has 84 valence electrons. The highest BCUT2D eigenvalue weighted by Crippen LogP contribution is 2.15. The van der Waals surface area contributed by atoms with Crippen molar-refractivity contribution in [2.24, 2.45) is 0 Å². The van der Waals surface area contributed by atoms with Gasteiger partial charge in [-0.1, -0.05) is 0 Å². The number of halogens is 4. The van der Waals surface area contributed by atoms with Crippen LogP contribution in [0.1, 0.15) is 0 Å². The highest BCUT2D eigenvalue weighted by atomic mass is 19.4. The maximum atomic E-state index is 12.4. The van der Waals surface area contributed by atoms with E-state index < -0.39 is 25.4 Å². The molecule has 1 aromatic carbocycles. The lowest BCUT2D eigenvalue weighted by atomic mass is 10.3. The standard InChI is InChI=1S/C9H8F4O2/c10-7-1-3-8(4-2-7)15-6-14-5-9(11,12)13/h1-4H,5-6H2. The van der Waals surface area contributed by atoms with Crippen LogP contribution in [0.2, 0.25) is 0 Å². The van der Waals surface area contributed by atoms with Crippen LogP contribution in [0.25, 0.3) is 0 Å². The summed E-state index contributed by atoms with van der Waals surface area (Å²) in [5.41, 5.74) is 0. The SMILES string of the molecule is Fc1ccc(OCOCC(F)(F)F)cc1. The van der Waals surface area contributed by atoms with Crippen molar-refractivity contribution in [2.45, 2.75) is 6.18 Å². The second kappa shape index (κ2) is 4.97. The number of alkyl halides is 3. The summed E-state index contributed by atoms with van der Waals surface area (Å²) in [6.45, 7) is -1.89. The van der Waals surface area contributed by atoms with Crippen LogP contribution in [-0.2, 0) is 4.74 Å². The van der Waals surface area contributed by atoms with E-state index >= 15 is 0 Å². The highest BCUT2D eigenvalue weighted by Gasteiger charge is 2.27. The molecule has 0 bridgehead atoms. The van der Waals surface area contributed by atoms with Crippen molar-refractivity contribution in [3.63, 3.8) is 0 Å². The molecule has 0 aliphatic rings. The van der Waals surface area contributed by atoms with Gasteiger partial charge in [0.1, 0.15) is 18.2 Å². The zero-order valence-electron chi connectivity index (χ0n) is 7.55. The van der Waals surface area contributed by atoms with Gasteiger partial charge in [-0.25, -0.2) is 4.39 Å². The van der Waals surface area contributed by atoms with E-state index in [9.17, 15) is 17.6 Å². The smallest absolute Gasteiger partial charge is 0.411 e. The van der Waals surface area contributed by atoms with Gasteiger partial charge in [0.05, 0.1) is 0 Å². The van der Waals surface area contributed by atoms with Gasteiger partial charge < -0.3 is 9.47 Å². The Morgan fingerprint density at radius 1 is 1.07 bits per heavy atom. The van der Waals surface area contributed by atoms with Gasteiger partial charge in [-0.3, -0.25) is 0 Å². The lowest BCUT2D eigenvalue weighted by Gasteiger charge is -2.08. The van der Waals surface area contributed by atoms with Gasteiger partial charge in [0.15, 0.2) is 6.79 Å². The molecule has 0 aromatic heterocycles. The van der Waals surface area contributed by atoms with Gasteiger partial charge in [0.2, 0.25) is 0 Å². The average Bonchev–Trinajstić information content (AvgIpc) is 2.14. The average molecular weight is 224 g/mol. The lowest BCUT2D eigenvalue weighted by Crippen LogP contribution is -2.19. The zero-order chi connectivity index (χ0) is 11.3. The third-order valence-corrected chi connectivity index (χ3v) is 1.39. The minimum atomic E-state index is -4.37. The number of hydrogen-bond acceptors (Lipinski definition) is 2. The fraction of sp³-hybridized carbons (Fsp3) is 0.333. The van der Waals surface area contributed by atoms with E-state index in [-0.39, 0.29) is 5.75 Å². The summed E-state index contributed by atoms with van der Waals surface area (Å²) in [4.78, 5) is 0. The van der Waals surface area contributed by atoms with Crippen LogP contribution in [-0.4, -0.2) is 19.6 Å². The molecule has 0 saturated heterocycles. The van der Waals surface area contributed by atoms with Gasteiger partial charge in [0.25, 0.3) is 0 Å². The van der Waals surface area contributed by atoms with Crippen molar-refractivity contribution in [2.75, 3.05) is 13.4 Å². The van der Waals surface area contributed by atoms with E-state index in [2.05, 4.69) is 4.74 Å².